The first-order valence-electron chi connectivity index (χ1n) is 5.72. The number of carboxylic acids is 1. The molecule has 0 amide bonds. The summed E-state index contributed by atoms with van der Waals surface area (Å²) in [5, 5.41) is 20.1. The van der Waals surface area contributed by atoms with E-state index in [2.05, 4.69) is 0 Å². The zero-order valence-electron chi connectivity index (χ0n) is 9.61. The predicted molar refractivity (Wildman–Crippen MR) is 57.2 cm³/mol. The molecule has 16 heavy (non-hydrogen) atoms. The van der Waals surface area contributed by atoms with Crippen LogP contribution in [0.15, 0.2) is 0 Å². The first-order valence-corrected chi connectivity index (χ1v) is 5.72. The number of carboxylic acid groups (broad SMARTS) is 1. The maximum absolute atomic E-state index is 11.5. The number of β-amino-alcohol motifs (C(OH)–C–C–N with tert-alkyl or cyclic N) is 1. The zero-order chi connectivity index (χ0) is 11.8. The molecule has 2 rings (SSSR count). The average molecular weight is 229 g/mol. The van der Waals surface area contributed by atoms with E-state index in [-0.39, 0.29) is 0 Å². The lowest BCUT2D eigenvalue weighted by Crippen LogP contribution is -2.57. The second-order valence-corrected chi connectivity index (χ2v) is 5.02. The van der Waals surface area contributed by atoms with Crippen LogP contribution in [0.3, 0.4) is 0 Å². The maximum atomic E-state index is 11.5. The summed E-state index contributed by atoms with van der Waals surface area (Å²) in [7, 11) is 1.91. The largest absolute Gasteiger partial charge is 0.481 e. The Balaban J connectivity index is 2.28. The summed E-state index contributed by atoms with van der Waals surface area (Å²) in [5.74, 6) is -0.881. The quantitative estimate of drug-likeness (QED) is 0.694. The minimum absolute atomic E-state index is 0.409. The lowest BCUT2D eigenvalue weighted by atomic mass is 9.66. The minimum atomic E-state index is -1.10. The minimum Gasteiger partial charge on any atom is -0.481 e. The van der Waals surface area contributed by atoms with Crippen molar-refractivity contribution in [3.8, 4) is 0 Å². The molecule has 2 saturated heterocycles. The van der Waals surface area contributed by atoms with Gasteiger partial charge in [0.25, 0.3) is 0 Å². The molecule has 5 heteroatoms. The third-order valence-corrected chi connectivity index (χ3v) is 4.09. The highest BCUT2D eigenvalue weighted by Gasteiger charge is 2.58. The highest BCUT2D eigenvalue weighted by Crippen LogP contribution is 2.45. The smallest absolute Gasteiger partial charge is 0.312 e. The Morgan fingerprint density at radius 3 is 2.38 bits per heavy atom. The van der Waals surface area contributed by atoms with Crippen molar-refractivity contribution in [1.82, 2.24) is 4.90 Å². The van der Waals surface area contributed by atoms with Gasteiger partial charge in [-0.1, -0.05) is 0 Å². The lowest BCUT2D eigenvalue weighted by Gasteiger charge is -2.44. The fourth-order valence-electron chi connectivity index (χ4n) is 2.97. The number of aliphatic carboxylic acids is 1. The van der Waals surface area contributed by atoms with E-state index in [1.54, 1.807) is 0 Å². The summed E-state index contributed by atoms with van der Waals surface area (Å²) in [6.45, 7) is 2.06. The molecular formula is C11H19NO4. The molecule has 1 atom stereocenters. The van der Waals surface area contributed by atoms with Crippen LogP contribution >= 0.6 is 0 Å². The van der Waals surface area contributed by atoms with Crippen molar-refractivity contribution >= 4 is 5.97 Å². The molecule has 0 bridgehead atoms. The van der Waals surface area contributed by atoms with Crippen molar-refractivity contribution in [3.05, 3.63) is 0 Å². The number of hydrogen-bond acceptors (Lipinski definition) is 4. The molecule has 5 nitrogen and oxygen atoms in total. The van der Waals surface area contributed by atoms with Crippen LogP contribution < -0.4 is 0 Å². The monoisotopic (exact) mass is 229 g/mol. The van der Waals surface area contributed by atoms with E-state index in [0.29, 0.717) is 39.0 Å². The molecule has 0 aromatic carbocycles. The topological polar surface area (TPSA) is 70.0 Å². The zero-order valence-corrected chi connectivity index (χ0v) is 9.61. The van der Waals surface area contributed by atoms with E-state index in [1.807, 2.05) is 11.9 Å². The number of nitrogens with zero attached hydrogens (tertiary/aromatic N) is 1. The van der Waals surface area contributed by atoms with Gasteiger partial charge in [-0.25, -0.2) is 0 Å². The second kappa shape index (κ2) is 3.98. The summed E-state index contributed by atoms with van der Waals surface area (Å²) >= 11 is 0. The van der Waals surface area contributed by atoms with Crippen LogP contribution in [0.4, 0.5) is 0 Å². The van der Waals surface area contributed by atoms with Crippen LogP contribution in [0.2, 0.25) is 0 Å². The average Bonchev–Trinajstić information content (AvgIpc) is 2.61. The van der Waals surface area contributed by atoms with Gasteiger partial charge >= 0.3 is 5.97 Å². The van der Waals surface area contributed by atoms with E-state index in [4.69, 9.17) is 4.74 Å². The molecule has 2 aliphatic rings. The molecule has 0 radical (unpaired) electrons. The van der Waals surface area contributed by atoms with E-state index >= 15 is 0 Å². The number of ether oxygens (including phenoxy) is 1. The molecule has 0 aromatic heterocycles. The molecule has 0 saturated carbocycles. The Labute approximate surface area is 95.0 Å². The molecule has 2 aliphatic heterocycles. The molecule has 0 aromatic rings. The van der Waals surface area contributed by atoms with Gasteiger partial charge in [0.2, 0.25) is 0 Å². The van der Waals surface area contributed by atoms with Gasteiger partial charge < -0.3 is 19.8 Å². The summed E-state index contributed by atoms with van der Waals surface area (Å²) in [5.41, 5.74) is -2.12. The Kier molecular flexibility index (Phi) is 2.94. The molecule has 2 N–H and O–H groups in total. The van der Waals surface area contributed by atoms with Gasteiger partial charge in [0.15, 0.2) is 0 Å². The normalized spacial score (nSPS) is 35.1. The van der Waals surface area contributed by atoms with Crippen molar-refractivity contribution in [2.24, 2.45) is 5.41 Å². The predicted octanol–water partition coefficient (Wildman–Crippen LogP) is -0.0656. The van der Waals surface area contributed by atoms with Crippen LogP contribution in [0.5, 0.6) is 0 Å². The standard InChI is InChI=1S/C11H19NO4/c1-12-5-2-11(15,8-12)10(9(13)14)3-6-16-7-4-10/h15H,2-8H2,1H3,(H,13,14). The number of aliphatic hydroxyl groups is 1. The summed E-state index contributed by atoms with van der Waals surface area (Å²) in [4.78, 5) is 13.5. The number of likely N-dealkylation sites (tertiary alicyclic amines) is 1. The number of carbonyl (C=O) groups is 1. The first-order chi connectivity index (χ1) is 7.50. The summed E-state index contributed by atoms with van der Waals surface area (Å²) < 4.78 is 5.22. The van der Waals surface area contributed by atoms with E-state index in [9.17, 15) is 15.0 Å². The lowest BCUT2D eigenvalue weighted by molar-refractivity contribution is -0.181. The van der Waals surface area contributed by atoms with Gasteiger partial charge in [-0.15, -0.1) is 0 Å². The van der Waals surface area contributed by atoms with Crippen LogP contribution in [-0.4, -0.2) is 60.0 Å². The summed E-state index contributed by atoms with van der Waals surface area (Å²) in [6, 6.07) is 0. The molecule has 2 fully saturated rings. The van der Waals surface area contributed by atoms with Gasteiger partial charge in [0, 0.05) is 26.3 Å². The van der Waals surface area contributed by atoms with Gasteiger partial charge in [-0.2, -0.15) is 0 Å². The molecule has 0 spiro atoms. The Hall–Kier alpha value is -0.650. The maximum Gasteiger partial charge on any atom is 0.312 e. The van der Waals surface area contributed by atoms with Crippen LogP contribution in [-0.2, 0) is 9.53 Å². The summed E-state index contributed by atoms with van der Waals surface area (Å²) in [6.07, 6.45) is 1.36. The van der Waals surface area contributed by atoms with Crippen LogP contribution in [0, 0.1) is 5.41 Å². The van der Waals surface area contributed by atoms with Crippen LogP contribution in [0.25, 0.3) is 0 Å². The SMILES string of the molecule is CN1CCC(O)(C2(C(=O)O)CCOCC2)C1. The highest BCUT2D eigenvalue weighted by molar-refractivity contribution is 5.76. The molecule has 0 aliphatic carbocycles. The fourth-order valence-corrected chi connectivity index (χ4v) is 2.97. The highest BCUT2D eigenvalue weighted by atomic mass is 16.5. The van der Waals surface area contributed by atoms with E-state index in [0.717, 1.165) is 6.54 Å². The van der Waals surface area contributed by atoms with Gasteiger partial charge in [-0.3, -0.25) is 4.79 Å². The van der Waals surface area contributed by atoms with Gasteiger partial charge in [0.1, 0.15) is 5.41 Å². The second-order valence-electron chi connectivity index (χ2n) is 5.02. The number of rotatable bonds is 2. The van der Waals surface area contributed by atoms with Gasteiger partial charge in [0.05, 0.1) is 5.60 Å². The van der Waals surface area contributed by atoms with Crippen LogP contribution in [0.1, 0.15) is 19.3 Å². The van der Waals surface area contributed by atoms with Crippen molar-refractivity contribution in [2.45, 2.75) is 24.9 Å². The molecule has 1 unspecified atom stereocenters. The van der Waals surface area contributed by atoms with Crippen molar-refractivity contribution in [3.63, 3.8) is 0 Å². The Morgan fingerprint density at radius 2 is 1.94 bits per heavy atom. The van der Waals surface area contributed by atoms with Crippen molar-refractivity contribution in [2.75, 3.05) is 33.4 Å². The van der Waals surface area contributed by atoms with E-state index < -0.39 is 17.0 Å². The fraction of sp³-hybridized carbons (Fsp3) is 0.909. The molecule has 2 heterocycles. The Morgan fingerprint density at radius 1 is 1.31 bits per heavy atom. The number of likely N-dealkylation sites (N-methyl/N-ethyl adjacent to an activating group) is 1. The van der Waals surface area contributed by atoms with Crippen molar-refractivity contribution in [1.29, 1.82) is 0 Å². The van der Waals surface area contributed by atoms with Gasteiger partial charge in [-0.05, 0) is 26.3 Å². The molecule has 92 valence electrons. The number of hydrogen-bond donors (Lipinski definition) is 2. The third-order valence-electron chi connectivity index (χ3n) is 4.09. The first kappa shape index (κ1) is 11.8. The van der Waals surface area contributed by atoms with E-state index in [1.165, 1.54) is 0 Å². The Bertz CT molecular complexity index is 288. The third kappa shape index (κ3) is 1.63. The van der Waals surface area contributed by atoms with Crippen molar-refractivity contribution < 1.29 is 19.7 Å². The molecular weight excluding hydrogens is 210 g/mol.